The molecule has 1 rings (SSSR count). The normalized spacial score (nSPS) is 23.1. The monoisotopic (exact) mass is 289 g/mol. The van der Waals surface area contributed by atoms with E-state index in [2.05, 4.69) is 33.4 Å². The highest BCUT2D eigenvalue weighted by molar-refractivity contribution is 5.28. The number of hydrogen-bond donors (Lipinski definition) is 0. The van der Waals surface area contributed by atoms with Crippen molar-refractivity contribution < 1.29 is 9.47 Å². The Hall–Kier alpha value is -1.37. The smallest absolute Gasteiger partial charge is 0.147 e. The van der Waals surface area contributed by atoms with E-state index < -0.39 is 0 Å². The first-order valence-electron chi connectivity index (χ1n) is 7.44. The van der Waals surface area contributed by atoms with Gasteiger partial charge in [-0.3, -0.25) is 0 Å². The average molecular weight is 289 g/mol. The number of hydrogen-bond acceptors (Lipinski definition) is 3. The third-order valence-electron chi connectivity index (χ3n) is 4.52. The molecule has 0 heterocycles. The van der Waals surface area contributed by atoms with Gasteiger partial charge in [-0.05, 0) is 31.1 Å². The molecule has 0 aliphatic heterocycles. The minimum atomic E-state index is -0.0536. The van der Waals surface area contributed by atoms with E-state index in [4.69, 9.17) is 14.7 Å². The molecule has 0 bridgehead atoms. The lowest BCUT2D eigenvalue weighted by molar-refractivity contribution is -0.0892. The lowest BCUT2D eigenvalue weighted by Crippen LogP contribution is -2.39. The fourth-order valence-corrected chi connectivity index (χ4v) is 3.33. The Kier molecular flexibility index (Phi) is 6.87. The standard InChI is InChI=1S/C18H27NO2/c1-6-7-8-17(21-13-20-5)16-10-9-14(2)15(11-12-19)18(16,3)4/h6-8,16-17H,1,9-11,13H2,2-5H3/b8-7+/t16-,17+/m0/s1. The van der Waals surface area contributed by atoms with Crippen LogP contribution in [0.15, 0.2) is 36.0 Å². The molecule has 0 fully saturated rings. The van der Waals surface area contributed by atoms with Crippen LogP contribution in [0.4, 0.5) is 0 Å². The van der Waals surface area contributed by atoms with Gasteiger partial charge in [-0.15, -0.1) is 0 Å². The molecule has 0 saturated heterocycles. The lowest BCUT2D eigenvalue weighted by Gasteiger charge is -2.44. The molecule has 21 heavy (non-hydrogen) atoms. The van der Waals surface area contributed by atoms with E-state index in [1.807, 2.05) is 12.2 Å². The zero-order valence-corrected chi connectivity index (χ0v) is 13.7. The first kappa shape index (κ1) is 17.7. The van der Waals surface area contributed by atoms with Crippen LogP contribution in [-0.4, -0.2) is 20.0 Å². The highest BCUT2D eigenvalue weighted by Crippen LogP contribution is 2.48. The van der Waals surface area contributed by atoms with E-state index in [0.29, 0.717) is 12.3 Å². The van der Waals surface area contributed by atoms with Crippen molar-refractivity contribution in [2.45, 2.75) is 46.1 Å². The summed E-state index contributed by atoms with van der Waals surface area (Å²) in [6.07, 6.45) is 8.28. The molecule has 3 nitrogen and oxygen atoms in total. The quantitative estimate of drug-likeness (QED) is 0.397. The molecular formula is C18H27NO2. The Morgan fingerprint density at radius 3 is 2.81 bits per heavy atom. The molecule has 0 aromatic heterocycles. The molecule has 0 unspecified atom stereocenters. The second-order valence-electron chi connectivity index (χ2n) is 6.12. The van der Waals surface area contributed by atoms with E-state index in [1.54, 1.807) is 13.2 Å². The Morgan fingerprint density at radius 2 is 2.24 bits per heavy atom. The molecule has 3 heteroatoms. The number of methoxy groups -OCH3 is 1. The van der Waals surface area contributed by atoms with Gasteiger partial charge >= 0.3 is 0 Å². The van der Waals surface area contributed by atoms with Crippen molar-refractivity contribution in [3.63, 3.8) is 0 Å². The molecule has 1 aliphatic rings. The molecule has 0 radical (unpaired) electrons. The molecule has 0 saturated carbocycles. The zero-order chi connectivity index (χ0) is 15.9. The van der Waals surface area contributed by atoms with Crippen molar-refractivity contribution in [1.29, 1.82) is 5.26 Å². The topological polar surface area (TPSA) is 42.2 Å². The predicted octanol–water partition coefficient (Wildman–Crippen LogP) is 4.38. The van der Waals surface area contributed by atoms with Crippen LogP contribution in [0.2, 0.25) is 0 Å². The van der Waals surface area contributed by atoms with Gasteiger partial charge in [-0.2, -0.15) is 5.26 Å². The van der Waals surface area contributed by atoms with Gasteiger partial charge in [0.2, 0.25) is 0 Å². The summed E-state index contributed by atoms with van der Waals surface area (Å²) in [5.74, 6) is 0.330. The van der Waals surface area contributed by atoms with Gasteiger partial charge in [-0.1, -0.05) is 49.8 Å². The fraction of sp³-hybridized carbons (Fsp3) is 0.611. The fourth-order valence-electron chi connectivity index (χ4n) is 3.33. The first-order valence-corrected chi connectivity index (χ1v) is 7.44. The maximum atomic E-state index is 9.11. The predicted molar refractivity (Wildman–Crippen MR) is 85.5 cm³/mol. The van der Waals surface area contributed by atoms with Crippen molar-refractivity contribution in [1.82, 2.24) is 0 Å². The van der Waals surface area contributed by atoms with Crippen molar-refractivity contribution in [2.24, 2.45) is 11.3 Å². The van der Waals surface area contributed by atoms with E-state index in [1.165, 1.54) is 11.1 Å². The summed E-state index contributed by atoms with van der Waals surface area (Å²) < 4.78 is 10.9. The van der Waals surface area contributed by atoms with Gasteiger partial charge in [0.05, 0.1) is 18.6 Å². The van der Waals surface area contributed by atoms with Crippen LogP contribution in [0.5, 0.6) is 0 Å². The Bertz CT molecular complexity index is 454. The SMILES string of the molecule is C=C/C=C/[C@@H](OCOC)[C@@H]1CCC(C)=C(CC#N)C1(C)C. The highest BCUT2D eigenvalue weighted by Gasteiger charge is 2.41. The van der Waals surface area contributed by atoms with Gasteiger partial charge in [0.1, 0.15) is 6.79 Å². The summed E-state index contributed by atoms with van der Waals surface area (Å²) in [5.41, 5.74) is 2.57. The molecule has 0 spiro atoms. The van der Waals surface area contributed by atoms with Crippen molar-refractivity contribution in [2.75, 3.05) is 13.9 Å². The van der Waals surface area contributed by atoms with Gasteiger partial charge in [-0.25, -0.2) is 0 Å². The maximum absolute atomic E-state index is 9.11. The Morgan fingerprint density at radius 1 is 1.52 bits per heavy atom. The molecule has 0 amide bonds. The molecule has 0 aromatic carbocycles. The summed E-state index contributed by atoms with van der Waals surface area (Å²) in [6, 6.07) is 2.31. The van der Waals surface area contributed by atoms with E-state index in [0.717, 1.165) is 12.8 Å². The largest absolute Gasteiger partial charge is 0.359 e. The van der Waals surface area contributed by atoms with Gasteiger partial charge in [0.25, 0.3) is 0 Å². The van der Waals surface area contributed by atoms with Gasteiger partial charge in [0, 0.05) is 7.11 Å². The number of allylic oxidation sites excluding steroid dienone is 4. The van der Waals surface area contributed by atoms with E-state index in [-0.39, 0.29) is 18.3 Å². The molecule has 116 valence electrons. The summed E-state index contributed by atoms with van der Waals surface area (Å²) in [4.78, 5) is 0. The van der Waals surface area contributed by atoms with Crippen molar-refractivity contribution in [3.05, 3.63) is 36.0 Å². The molecule has 1 aliphatic carbocycles. The van der Waals surface area contributed by atoms with Crippen LogP contribution < -0.4 is 0 Å². The van der Waals surface area contributed by atoms with Crippen LogP contribution in [0.25, 0.3) is 0 Å². The van der Waals surface area contributed by atoms with Crippen LogP contribution in [0.1, 0.15) is 40.0 Å². The summed E-state index contributed by atoms with van der Waals surface area (Å²) in [6.45, 7) is 10.6. The third-order valence-corrected chi connectivity index (χ3v) is 4.52. The zero-order valence-electron chi connectivity index (χ0n) is 13.7. The summed E-state index contributed by atoms with van der Waals surface area (Å²) >= 11 is 0. The number of ether oxygens (including phenoxy) is 2. The lowest BCUT2D eigenvalue weighted by atomic mass is 9.63. The van der Waals surface area contributed by atoms with E-state index >= 15 is 0 Å². The molecular weight excluding hydrogens is 262 g/mol. The minimum Gasteiger partial charge on any atom is -0.359 e. The first-order chi connectivity index (χ1) is 9.98. The molecule has 0 aromatic rings. The van der Waals surface area contributed by atoms with Gasteiger partial charge in [0.15, 0.2) is 0 Å². The van der Waals surface area contributed by atoms with Crippen LogP contribution >= 0.6 is 0 Å². The number of rotatable bonds is 7. The maximum Gasteiger partial charge on any atom is 0.147 e. The van der Waals surface area contributed by atoms with Crippen molar-refractivity contribution >= 4 is 0 Å². The van der Waals surface area contributed by atoms with Crippen LogP contribution in [0, 0.1) is 22.7 Å². The van der Waals surface area contributed by atoms with E-state index in [9.17, 15) is 0 Å². The average Bonchev–Trinajstić information content (AvgIpc) is 2.44. The number of nitrogens with zero attached hydrogens (tertiary/aromatic N) is 1. The molecule has 2 atom stereocenters. The Balaban J connectivity index is 3.06. The minimum absolute atomic E-state index is 0.0280. The van der Waals surface area contributed by atoms with Crippen LogP contribution in [-0.2, 0) is 9.47 Å². The third kappa shape index (κ3) is 4.30. The van der Waals surface area contributed by atoms with Gasteiger partial charge < -0.3 is 9.47 Å². The second-order valence-corrected chi connectivity index (χ2v) is 6.12. The van der Waals surface area contributed by atoms with Crippen molar-refractivity contribution in [3.8, 4) is 6.07 Å². The van der Waals surface area contributed by atoms with Crippen LogP contribution in [0.3, 0.4) is 0 Å². The summed E-state index contributed by atoms with van der Waals surface area (Å²) in [7, 11) is 1.63. The second kappa shape index (κ2) is 8.17. The Labute approximate surface area is 128 Å². The highest BCUT2D eigenvalue weighted by atomic mass is 16.7. The summed E-state index contributed by atoms with van der Waals surface area (Å²) in [5, 5.41) is 9.11. The molecule has 0 N–H and O–H groups in total. The number of nitriles is 1.